The summed E-state index contributed by atoms with van der Waals surface area (Å²) in [7, 11) is 0. The second kappa shape index (κ2) is 8.90. The molecule has 108 valence electrons. The van der Waals surface area contributed by atoms with Gasteiger partial charge in [-0.15, -0.1) is 0 Å². The molecule has 0 aliphatic rings. The molecule has 0 aliphatic carbocycles. The minimum absolute atomic E-state index is 0.0721. The molecule has 0 aliphatic heterocycles. The molecule has 0 amide bonds. The molecule has 1 aromatic carbocycles. The number of ether oxygens (including phenoxy) is 1. The van der Waals surface area contributed by atoms with E-state index in [1.54, 1.807) is 12.1 Å². The van der Waals surface area contributed by atoms with Crippen LogP contribution in [0.1, 0.15) is 38.3 Å². The van der Waals surface area contributed by atoms with E-state index < -0.39 is 0 Å². The van der Waals surface area contributed by atoms with Crippen molar-refractivity contribution in [2.45, 2.75) is 32.7 Å². The van der Waals surface area contributed by atoms with Gasteiger partial charge in [0.2, 0.25) is 0 Å². The van der Waals surface area contributed by atoms with E-state index in [0.717, 1.165) is 19.4 Å². The van der Waals surface area contributed by atoms with Crippen molar-refractivity contribution >= 4 is 27.5 Å². The molecular formula is C14H20BrClFNO. The average Bonchev–Trinajstić information content (AvgIpc) is 2.41. The fourth-order valence-electron chi connectivity index (χ4n) is 1.84. The maximum Gasteiger partial charge on any atom is 0.147 e. The van der Waals surface area contributed by atoms with E-state index in [1.807, 2.05) is 6.92 Å². The summed E-state index contributed by atoms with van der Waals surface area (Å²) in [5.74, 6) is -0.360. The van der Waals surface area contributed by atoms with Crippen molar-refractivity contribution in [2.24, 2.45) is 0 Å². The molecule has 0 spiro atoms. The van der Waals surface area contributed by atoms with E-state index in [2.05, 4.69) is 28.2 Å². The molecule has 19 heavy (non-hydrogen) atoms. The Balaban J connectivity index is 2.86. The zero-order chi connectivity index (χ0) is 14.3. The van der Waals surface area contributed by atoms with Gasteiger partial charge in [0.25, 0.3) is 0 Å². The SMILES string of the molecule is CCCNC(CCOCC)c1ccc(Br)c(Cl)c1F. The lowest BCUT2D eigenvalue weighted by Gasteiger charge is -2.20. The lowest BCUT2D eigenvalue weighted by Crippen LogP contribution is -2.24. The van der Waals surface area contributed by atoms with Gasteiger partial charge in [0.05, 0.1) is 5.02 Å². The molecule has 2 nitrogen and oxygen atoms in total. The van der Waals surface area contributed by atoms with Gasteiger partial charge in [0, 0.05) is 29.3 Å². The molecule has 0 aromatic heterocycles. The Kier molecular flexibility index (Phi) is 7.91. The summed E-state index contributed by atoms with van der Waals surface area (Å²) in [4.78, 5) is 0. The van der Waals surface area contributed by atoms with Gasteiger partial charge in [-0.3, -0.25) is 0 Å². The van der Waals surface area contributed by atoms with Crippen LogP contribution in [0.25, 0.3) is 0 Å². The fourth-order valence-corrected chi connectivity index (χ4v) is 2.32. The second-order valence-electron chi connectivity index (χ2n) is 4.26. The maximum absolute atomic E-state index is 14.2. The van der Waals surface area contributed by atoms with Gasteiger partial charge in [-0.05, 0) is 48.3 Å². The molecule has 0 heterocycles. The van der Waals surface area contributed by atoms with Crippen molar-refractivity contribution < 1.29 is 9.13 Å². The van der Waals surface area contributed by atoms with Gasteiger partial charge in [-0.25, -0.2) is 4.39 Å². The molecule has 0 fully saturated rings. The van der Waals surface area contributed by atoms with Crippen molar-refractivity contribution in [3.63, 3.8) is 0 Å². The van der Waals surface area contributed by atoms with E-state index in [4.69, 9.17) is 16.3 Å². The Labute approximate surface area is 127 Å². The molecule has 0 bridgehead atoms. The smallest absolute Gasteiger partial charge is 0.147 e. The Hall–Kier alpha value is -0.160. The summed E-state index contributed by atoms with van der Waals surface area (Å²) < 4.78 is 20.1. The molecule has 1 aromatic rings. The standard InChI is InChI=1S/C14H20BrClFNO/c1-3-8-18-12(7-9-19-4-2)10-5-6-11(15)13(16)14(10)17/h5-6,12,18H,3-4,7-9H2,1-2H3. The molecule has 1 rings (SSSR count). The third kappa shape index (κ3) is 5.03. The zero-order valence-electron chi connectivity index (χ0n) is 11.3. The quantitative estimate of drug-likeness (QED) is 0.540. The van der Waals surface area contributed by atoms with Crippen molar-refractivity contribution in [3.05, 3.63) is 33.0 Å². The average molecular weight is 353 g/mol. The molecule has 1 atom stereocenters. The molecule has 0 saturated heterocycles. The normalized spacial score (nSPS) is 12.7. The first-order valence-corrected chi connectivity index (χ1v) is 7.73. The van der Waals surface area contributed by atoms with E-state index in [-0.39, 0.29) is 16.9 Å². The number of nitrogens with one attached hydrogen (secondary N) is 1. The minimum Gasteiger partial charge on any atom is -0.382 e. The molecule has 5 heteroatoms. The number of rotatable bonds is 8. The summed E-state index contributed by atoms with van der Waals surface area (Å²) in [6.07, 6.45) is 1.72. The lowest BCUT2D eigenvalue weighted by molar-refractivity contribution is 0.136. The third-order valence-electron chi connectivity index (χ3n) is 2.84. The Morgan fingerprint density at radius 1 is 1.42 bits per heavy atom. The monoisotopic (exact) mass is 351 g/mol. The summed E-state index contributed by atoms with van der Waals surface area (Å²) in [6, 6.07) is 3.48. The fraction of sp³-hybridized carbons (Fsp3) is 0.571. The molecule has 0 radical (unpaired) electrons. The lowest BCUT2D eigenvalue weighted by atomic mass is 10.0. The van der Waals surface area contributed by atoms with Crippen LogP contribution in [-0.4, -0.2) is 19.8 Å². The summed E-state index contributed by atoms with van der Waals surface area (Å²) in [6.45, 7) is 6.14. The Bertz CT molecular complexity index is 403. The third-order valence-corrected chi connectivity index (χ3v) is 4.09. The Morgan fingerprint density at radius 2 is 2.16 bits per heavy atom. The van der Waals surface area contributed by atoms with Gasteiger partial charge in [-0.1, -0.05) is 24.6 Å². The predicted molar refractivity (Wildman–Crippen MR) is 81.3 cm³/mol. The maximum atomic E-state index is 14.2. The van der Waals surface area contributed by atoms with E-state index >= 15 is 0 Å². The van der Waals surface area contributed by atoms with Crippen LogP contribution in [0.5, 0.6) is 0 Å². The molecule has 0 saturated carbocycles. The van der Waals surface area contributed by atoms with Crippen LogP contribution in [0.4, 0.5) is 4.39 Å². The van der Waals surface area contributed by atoms with Crippen LogP contribution in [0.15, 0.2) is 16.6 Å². The van der Waals surface area contributed by atoms with Crippen LogP contribution in [0.3, 0.4) is 0 Å². The van der Waals surface area contributed by atoms with Crippen molar-refractivity contribution in [3.8, 4) is 0 Å². The minimum atomic E-state index is -0.360. The first kappa shape index (κ1) is 16.9. The highest BCUT2D eigenvalue weighted by molar-refractivity contribution is 9.10. The van der Waals surface area contributed by atoms with Gasteiger partial charge in [-0.2, -0.15) is 0 Å². The van der Waals surface area contributed by atoms with Crippen LogP contribution in [0.2, 0.25) is 5.02 Å². The number of hydrogen-bond acceptors (Lipinski definition) is 2. The van der Waals surface area contributed by atoms with Gasteiger partial charge < -0.3 is 10.1 Å². The largest absolute Gasteiger partial charge is 0.382 e. The first-order valence-electron chi connectivity index (χ1n) is 6.56. The van der Waals surface area contributed by atoms with Crippen LogP contribution in [-0.2, 0) is 4.74 Å². The summed E-state index contributed by atoms with van der Waals surface area (Å²) in [5.41, 5.74) is 0.598. The van der Waals surface area contributed by atoms with Crippen LogP contribution in [0, 0.1) is 5.82 Å². The van der Waals surface area contributed by atoms with E-state index in [0.29, 0.717) is 23.2 Å². The first-order chi connectivity index (χ1) is 9.11. The predicted octanol–water partition coefficient (Wildman–Crippen LogP) is 4.71. The molecular weight excluding hydrogens is 333 g/mol. The highest BCUT2D eigenvalue weighted by Crippen LogP contribution is 2.31. The highest BCUT2D eigenvalue weighted by atomic mass is 79.9. The van der Waals surface area contributed by atoms with E-state index in [1.165, 1.54) is 0 Å². The highest BCUT2D eigenvalue weighted by Gasteiger charge is 2.18. The van der Waals surface area contributed by atoms with E-state index in [9.17, 15) is 4.39 Å². The summed E-state index contributed by atoms with van der Waals surface area (Å²) in [5, 5.41) is 3.47. The molecule has 1 N–H and O–H groups in total. The van der Waals surface area contributed by atoms with Gasteiger partial charge in [0.1, 0.15) is 5.82 Å². The summed E-state index contributed by atoms with van der Waals surface area (Å²) >= 11 is 9.17. The van der Waals surface area contributed by atoms with Crippen molar-refractivity contribution in [1.29, 1.82) is 0 Å². The second-order valence-corrected chi connectivity index (χ2v) is 5.49. The van der Waals surface area contributed by atoms with Gasteiger partial charge in [0.15, 0.2) is 0 Å². The topological polar surface area (TPSA) is 21.3 Å². The Morgan fingerprint density at radius 3 is 2.79 bits per heavy atom. The number of benzene rings is 1. The molecule has 1 unspecified atom stereocenters. The van der Waals surface area contributed by atoms with Crippen LogP contribution >= 0.6 is 27.5 Å². The van der Waals surface area contributed by atoms with Crippen molar-refractivity contribution in [2.75, 3.05) is 19.8 Å². The number of hydrogen-bond donors (Lipinski definition) is 1. The van der Waals surface area contributed by atoms with Crippen LogP contribution < -0.4 is 5.32 Å². The number of halogens is 3. The van der Waals surface area contributed by atoms with Crippen molar-refractivity contribution in [1.82, 2.24) is 5.32 Å². The van der Waals surface area contributed by atoms with Gasteiger partial charge >= 0.3 is 0 Å². The zero-order valence-corrected chi connectivity index (χ0v) is 13.7.